The Morgan fingerprint density at radius 2 is 1.81 bits per heavy atom. The van der Waals surface area contributed by atoms with Gasteiger partial charge in [-0.1, -0.05) is 29.3 Å². The Morgan fingerprint density at radius 3 is 2.52 bits per heavy atom. The molecule has 0 aliphatic heterocycles. The molecule has 0 spiro atoms. The van der Waals surface area contributed by atoms with Gasteiger partial charge in [0.2, 0.25) is 5.91 Å². The summed E-state index contributed by atoms with van der Waals surface area (Å²) in [7, 11) is 0. The van der Waals surface area contributed by atoms with Crippen LogP contribution in [0.25, 0.3) is 17.4 Å². The first-order valence-corrected chi connectivity index (χ1v) is 9.98. The summed E-state index contributed by atoms with van der Waals surface area (Å²) >= 11 is 14.6. The van der Waals surface area contributed by atoms with Crippen LogP contribution in [-0.2, 0) is 4.79 Å². The van der Waals surface area contributed by atoms with E-state index in [1.165, 1.54) is 9.65 Å². The fourth-order valence-electron chi connectivity index (χ4n) is 2.64. The van der Waals surface area contributed by atoms with Gasteiger partial charge in [0.05, 0.1) is 10.0 Å². The molecule has 0 saturated heterocycles. The van der Waals surface area contributed by atoms with Crippen LogP contribution in [0, 0.1) is 17.4 Å². The summed E-state index contributed by atoms with van der Waals surface area (Å²) in [5, 5.41) is 3.77. The maximum absolute atomic E-state index is 12.2. The van der Waals surface area contributed by atoms with Crippen molar-refractivity contribution in [1.82, 2.24) is 0 Å². The molecule has 1 N–H and O–H groups in total. The number of anilines is 1. The summed E-state index contributed by atoms with van der Waals surface area (Å²) in [4.78, 5) is 12.2. The molecule has 3 aromatic rings. The average Bonchev–Trinajstić information content (AvgIpc) is 3.09. The lowest BCUT2D eigenvalue weighted by molar-refractivity contribution is -0.111. The molecule has 2 aromatic carbocycles. The second-order valence-electron chi connectivity index (χ2n) is 6.05. The summed E-state index contributed by atoms with van der Waals surface area (Å²) < 4.78 is 6.95. The molecule has 1 heterocycles. The standard InChI is InChI=1S/C21H16Cl2INO2/c1-12-10-14(11-13(2)21(12)24)25-19(26)9-7-15-6-8-18(27-15)16-4-3-5-17(22)20(16)23/h3-11H,1-2H3,(H,25,26)/b9-7+. The zero-order valence-electron chi connectivity index (χ0n) is 14.6. The van der Waals surface area contributed by atoms with Crippen LogP contribution in [0.5, 0.6) is 0 Å². The molecular formula is C21H16Cl2INO2. The molecule has 138 valence electrons. The minimum atomic E-state index is -0.228. The molecule has 0 atom stereocenters. The van der Waals surface area contributed by atoms with Crippen molar-refractivity contribution in [3.63, 3.8) is 0 Å². The van der Waals surface area contributed by atoms with E-state index in [-0.39, 0.29) is 5.91 Å². The third-order valence-corrected chi connectivity index (χ3v) is 6.47. The number of aryl methyl sites for hydroxylation is 2. The summed E-state index contributed by atoms with van der Waals surface area (Å²) in [6.07, 6.45) is 3.05. The fraction of sp³-hybridized carbons (Fsp3) is 0.0952. The van der Waals surface area contributed by atoms with E-state index >= 15 is 0 Å². The number of nitrogens with one attached hydrogen (secondary N) is 1. The predicted octanol–water partition coefficient (Wildman–Crippen LogP) is 7.13. The van der Waals surface area contributed by atoms with Crippen molar-refractivity contribution in [2.45, 2.75) is 13.8 Å². The second-order valence-corrected chi connectivity index (χ2v) is 7.91. The number of carbonyl (C=O) groups is 1. The van der Waals surface area contributed by atoms with Gasteiger partial charge in [0, 0.05) is 20.9 Å². The van der Waals surface area contributed by atoms with Crippen LogP contribution in [0.3, 0.4) is 0 Å². The number of hydrogen-bond donors (Lipinski definition) is 1. The first-order chi connectivity index (χ1) is 12.8. The number of benzene rings is 2. The number of hydrogen-bond acceptors (Lipinski definition) is 2. The highest BCUT2D eigenvalue weighted by Crippen LogP contribution is 2.34. The van der Waals surface area contributed by atoms with E-state index in [0.717, 1.165) is 16.8 Å². The number of halogens is 3. The summed E-state index contributed by atoms with van der Waals surface area (Å²) in [6.45, 7) is 4.04. The number of carbonyl (C=O) groups excluding carboxylic acids is 1. The van der Waals surface area contributed by atoms with Gasteiger partial charge in [0.25, 0.3) is 0 Å². The van der Waals surface area contributed by atoms with Crippen molar-refractivity contribution in [3.8, 4) is 11.3 Å². The topological polar surface area (TPSA) is 42.2 Å². The van der Waals surface area contributed by atoms with E-state index in [1.807, 2.05) is 32.0 Å². The number of amides is 1. The molecule has 0 aliphatic carbocycles. The highest BCUT2D eigenvalue weighted by atomic mass is 127. The smallest absolute Gasteiger partial charge is 0.248 e. The Bertz CT molecular complexity index is 1020. The van der Waals surface area contributed by atoms with Gasteiger partial charge in [-0.05, 0) is 90.0 Å². The Kier molecular flexibility index (Phi) is 6.29. The molecule has 3 nitrogen and oxygen atoms in total. The molecule has 6 heteroatoms. The van der Waals surface area contributed by atoms with Gasteiger partial charge >= 0.3 is 0 Å². The highest BCUT2D eigenvalue weighted by molar-refractivity contribution is 14.1. The second kappa shape index (κ2) is 8.50. The molecule has 0 bridgehead atoms. The van der Waals surface area contributed by atoms with Crippen molar-refractivity contribution < 1.29 is 9.21 Å². The molecule has 0 radical (unpaired) electrons. The van der Waals surface area contributed by atoms with E-state index in [9.17, 15) is 4.79 Å². The molecule has 0 saturated carbocycles. The predicted molar refractivity (Wildman–Crippen MR) is 120 cm³/mol. The highest BCUT2D eigenvalue weighted by Gasteiger charge is 2.10. The third kappa shape index (κ3) is 4.75. The van der Waals surface area contributed by atoms with E-state index in [4.69, 9.17) is 27.6 Å². The molecule has 0 unspecified atom stereocenters. The van der Waals surface area contributed by atoms with E-state index in [2.05, 4.69) is 27.9 Å². The van der Waals surface area contributed by atoms with E-state index < -0.39 is 0 Å². The summed E-state index contributed by atoms with van der Waals surface area (Å²) in [6, 6.07) is 12.8. The van der Waals surface area contributed by atoms with Crippen molar-refractivity contribution in [3.05, 3.63) is 79.0 Å². The zero-order valence-corrected chi connectivity index (χ0v) is 18.3. The lowest BCUT2D eigenvalue weighted by Gasteiger charge is -2.08. The molecule has 1 aromatic heterocycles. The fourth-order valence-corrected chi connectivity index (χ4v) is 3.35. The van der Waals surface area contributed by atoms with Gasteiger partial charge in [-0.3, -0.25) is 4.79 Å². The maximum Gasteiger partial charge on any atom is 0.248 e. The van der Waals surface area contributed by atoms with Crippen LogP contribution in [0.4, 0.5) is 5.69 Å². The minimum Gasteiger partial charge on any atom is -0.457 e. The Morgan fingerprint density at radius 1 is 1.11 bits per heavy atom. The Labute approximate surface area is 181 Å². The van der Waals surface area contributed by atoms with Crippen LogP contribution in [-0.4, -0.2) is 5.91 Å². The molecule has 3 rings (SSSR count). The normalized spacial score (nSPS) is 11.1. The first-order valence-electron chi connectivity index (χ1n) is 8.15. The van der Waals surface area contributed by atoms with Crippen LogP contribution < -0.4 is 5.32 Å². The lowest BCUT2D eigenvalue weighted by Crippen LogP contribution is -2.08. The van der Waals surface area contributed by atoms with Crippen molar-refractivity contribution in [2.75, 3.05) is 5.32 Å². The number of rotatable bonds is 4. The zero-order chi connectivity index (χ0) is 19.6. The molecule has 0 fully saturated rings. The largest absolute Gasteiger partial charge is 0.457 e. The lowest BCUT2D eigenvalue weighted by atomic mass is 10.1. The summed E-state index contributed by atoms with van der Waals surface area (Å²) in [5.41, 5.74) is 3.73. The average molecular weight is 512 g/mol. The first kappa shape index (κ1) is 20.0. The molecule has 27 heavy (non-hydrogen) atoms. The minimum absolute atomic E-state index is 0.228. The van der Waals surface area contributed by atoms with E-state index in [0.29, 0.717) is 27.1 Å². The van der Waals surface area contributed by atoms with Gasteiger partial charge < -0.3 is 9.73 Å². The van der Waals surface area contributed by atoms with Gasteiger partial charge in [-0.15, -0.1) is 0 Å². The number of furan rings is 1. The Balaban J connectivity index is 1.72. The summed E-state index contributed by atoms with van der Waals surface area (Å²) in [5.74, 6) is 0.909. The van der Waals surface area contributed by atoms with Crippen molar-refractivity contribution >= 4 is 63.5 Å². The quantitative estimate of drug-likeness (QED) is 0.299. The van der Waals surface area contributed by atoms with Gasteiger partial charge in [-0.25, -0.2) is 0 Å². The SMILES string of the molecule is Cc1cc(NC(=O)/C=C/c2ccc(-c3cccc(Cl)c3Cl)o2)cc(C)c1I. The van der Waals surface area contributed by atoms with Crippen LogP contribution >= 0.6 is 45.8 Å². The van der Waals surface area contributed by atoms with Gasteiger partial charge in [0.1, 0.15) is 11.5 Å². The van der Waals surface area contributed by atoms with Gasteiger partial charge in [-0.2, -0.15) is 0 Å². The monoisotopic (exact) mass is 511 g/mol. The molecule has 0 aliphatic rings. The molecular weight excluding hydrogens is 496 g/mol. The van der Waals surface area contributed by atoms with Crippen molar-refractivity contribution in [1.29, 1.82) is 0 Å². The van der Waals surface area contributed by atoms with Crippen LogP contribution in [0.2, 0.25) is 10.0 Å². The van der Waals surface area contributed by atoms with Crippen molar-refractivity contribution in [2.24, 2.45) is 0 Å². The Hall–Kier alpha value is -1.76. The molecule has 1 amide bonds. The van der Waals surface area contributed by atoms with Crippen LogP contribution in [0.1, 0.15) is 16.9 Å². The van der Waals surface area contributed by atoms with Gasteiger partial charge in [0.15, 0.2) is 0 Å². The van der Waals surface area contributed by atoms with Crippen LogP contribution in [0.15, 0.2) is 53.0 Å². The van der Waals surface area contributed by atoms with E-state index in [1.54, 1.807) is 30.3 Å². The maximum atomic E-state index is 12.2. The third-order valence-electron chi connectivity index (χ3n) is 3.95.